The molecule has 0 aliphatic rings. The molecule has 4 rings (SSSR count). The van der Waals surface area contributed by atoms with Crippen molar-refractivity contribution in [3.63, 3.8) is 0 Å². The Morgan fingerprint density at radius 2 is 2.17 bits per heavy atom. The zero-order valence-electron chi connectivity index (χ0n) is 12.5. The number of hydrogen-bond donors (Lipinski definition) is 1. The molecule has 0 amide bonds. The van der Waals surface area contributed by atoms with Crippen molar-refractivity contribution in [2.45, 2.75) is 6.54 Å². The van der Waals surface area contributed by atoms with E-state index in [2.05, 4.69) is 15.1 Å². The van der Waals surface area contributed by atoms with Crippen molar-refractivity contribution in [1.29, 1.82) is 0 Å². The van der Waals surface area contributed by atoms with Crippen LogP contribution in [0, 0.1) is 0 Å². The van der Waals surface area contributed by atoms with Crippen molar-refractivity contribution in [3.8, 4) is 11.3 Å². The lowest BCUT2D eigenvalue weighted by Gasteiger charge is -2.06. The van der Waals surface area contributed by atoms with E-state index in [1.54, 1.807) is 41.5 Å². The van der Waals surface area contributed by atoms with Crippen molar-refractivity contribution < 1.29 is 14.3 Å². The normalized spacial score (nSPS) is 11.0. The maximum atomic E-state index is 11.6. The highest BCUT2D eigenvalue weighted by Crippen LogP contribution is 2.25. The van der Waals surface area contributed by atoms with Crippen molar-refractivity contribution in [2.75, 3.05) is 0 Å². The minimum atomic E-state index is -1.02. The molecule has 0 spiro atoms. The quantitative estimate of drug-likeness (QED) is 0.621. The summed E-state index contributed by atoms with van der Waals surface area (Å²) in [5.41, 5.74) is 1.93. The third kappa shape index (κ3) is 2.41. The largest absolute Gasteiger partial charge is 0.478 e. The first-order valence-corrected chi connectivity index (χ1v) is 7.25. The molecular formula is C17H12N4O3. The van der Waals surface area contributed by atoms with Gasteiger partial charge in [-0.25, -0.2) is 14.5 Å². The molecule has 0 radical (unpaired) electrons. The third-order valence-electron chi connectivity index (χ3n) is 3.68. The van der Waals surface area contributed by atoms with E-state index in [-0.39, 0.29) is 5.56 Å². The summed E-state index contributed by atoms with van der Waals surface area (Å²) in [4.78, 5) is 20.3. The summed E-state index contributed by atoms with van der Waals surface area (Å²) in [7, 11) is 0. The maximum absolute atomic E-state index is 11.6. The molecule has 4 aromatic heterocycles. The molecule has 1 N–H and O–H groups in total. The number of hydrogen-bond acceptors (Lipinski definition) is 5. The van der Waals surface area contributed by atoms with E-state index in [0.29, 0.717) is 29.0 Å². The number of carbonyl (C=O) groups is 1. The molecular weight excluding hydrogens is 308 g/mol. The number of carboxylic acids is 1. The Bertz CT molecular complexity index is 1010. The summed E-state index contributed by atoms with van der Waals surface area (Å²) < 4.78 is 6.96. The minimum absolute atomic E-state index is 0.157. The molecule has 4 aromatic rings. The predicted molar refractivity (Wildman–Crippen MR) is 85.5 cm³/mol. The maximum Gasteiger partial charge on any atom is 0.336 e. The van der Waals surface area contributed by atoms with E-state index in [1.807, 2.05) is 12.1 Å². The van der Waals surface area contributed by atoms with E-state index in [1.165, 1.54) is 6.20 Å². The fraction of sp³-hybridized carbons (Fsp3) is 0.0588. The number of nitrogens with zero attached hydrogens (tertiary/aromatic N) is 4. The van der Waals surface area contributed by atoms with Gasteiger partial charge in [-0.15, -0.1) is 0 Å². The standard InChI is InChI=1S/C17H12N4O3/c22-17(23)13-7-15(11-3-1-5-18-8-11)20-16-14(13)9-19-21(16)10-12-4-2-6-24-12/h1-9H,10H2,(H,22,23). The molecule has 0 saturated carbocycles. The predicted octanol–water partition coefficient (Wildman–Crippen LogP) is 2.83. The van der Waals surface area contributed by atoms with E-state index < -0.39 is 5.97 Å². The van der Waals surface area contributed by atoms with Crippen LogP contribution in [-0.2, 0) is 6.54 Å². The van der Waals surface area contributed by atoms with Gasteiger partial charge in [0.15, 0.2) is 5.65 Å². The monoisotopic (exact) mass is 320 g/mol. The Hall–Kier alpha value is -3.48. The first kappa shape index (κ1) is 14.1. The first-order valence-electron chi connectivity index (χ1n) is 7.25. The lowest BCUT2D eigenvalue weighted by Crippen LogP contribution is -2.04. The number of furan rings is 1. The number of aromatic nitrogens is 4. The van der Waals surface area contributed by atoms with Crippen LogP contribution in [-0.4, -0.2) is 30.8 Å². The second-order valence-corrected chi connectivity index (χ2v) is 5.22. The average Bonchev–Trinajstić information content (AvgIpc) is 3.25. The van der Waals surface area contributed by atoms with Gasteiger partial charge < -0.3 is 9.52 Å². The summed E-state index contributed by atoms with van der Waals surface area (Å²) in [6.07, 6.45) is 6.40. The summed E-state index contributed by atoms with van der Waals surface area (Å²) in [6.45, 7) is 0.374. The number of aromatic carboxylic acids is 1. The number of pyridine rings is 2. The van der Waals surface area contributed by atoms with Crippen molar-refractivity contribution >= 4 is 17.0 Å². The second-order valence-electron chi connectivity index (χ2n) is 5.22. The Morgan fingerprint density at radius 3 is 2.88 bits per heavy atom. The van der Waals surface area contributed by atoms with Crippen LogP contribution in [0.3, 0.4) is 0 Å². The lowest BCUT2D eigenvalue weighted by molar-refractivity contribution is 0.0699. The Kier molecular flexibility index (Phi) is 3.31. The summed E-state index contributed by atoms with van der Waals surface area (Å²) in [5.74, 6) is -0.310. The van der Waals surface area contributed by atoms with Gasteiger partial charge in [-0.3, -0.25) is 4.98 Å². The van der Waals surface area contributed by atoms with Gasteiger partial charge in [0.05, 0.1) is 29.1 Å². The SMILES string of the molecule is O=C(O)c1cc(-c2cccnc2)nc2c1cnn2Cc1ccco1. The van der Waals surface area contributed by atoms with Crippen LogP contribution in [0.1, 0.15) is 16.1 Å². The fourth-order valence-electron chi connectivity index (χ4n) is 2.55. The molecule has 0 aliphatic carbocycles. The van der Waals surface area contributed by atoms with Gasteiger partial charge in [-0.05, 0) is 30.3 Å². The van der Waals surface area contributed by atoms with Gasteiger partial charge in [-0.2, -0.15) is 5.10 Å². The van der Waals surface area contributed by atoms with Crippen LogP contribution in [0.2, 0.25) is 0 Å². The minimum Gasteiger partial charge on any atom is -0.478 e. The highest BCUT2D eigenvalue weighted by Gasteiger charge is 2.17. The van der Waals surface area contributed by atoms with Gasteiger partial charge in [0.1, 0.15) is 12.3 Å². The van der Waals surface area contributed by atoms with Crippen molar-refractivity contribution in [2.24, 2.45) is 0 Å². The van der Waals surface area contributed by atoms with Gasteiger partial charge >= 0.3 is 5.97 Å². The molecule has 0 bridgehead atoms. The average molecular weight is 320 g/mol. The zero-order chi connectivity index (χ0) is 16.5. The third-order valence-corrected chi connectivity index (χ3v) is 3.68. The highest BCUT2D eigenvalue weighted by molar-refractivity contribution is 6.02. The van der Waals surface area contributed by atoms with E-state index in [4.69, 9.17) is 4.42 Å². The van der Waals surface area contributed by atoms with E-state index in [0.717, 1.165) is 5.56 Å². The molecule has 118 valence electrons. The molecule has 0 unspecified atom stereocenters. The number of carboxylic acid groups (broad SMARTS) is 1. The molecule has 0 saturated heterocycles. The van der Waals surface area contributed by atoms with Crippen LogP contribution in [0.25, 0.3) is 22.3 Å². The van der Waals surface area contributed by atoms with Crippen LogP contribution in [0.15, 0.2) is 59.6 Å². The fourth-order valence-corrected chi connectivity index (χ4v) is 2.55. The van der Waals surface area contributed by atoms with Crippen molar-refractivity contribution in [3.05, 3.63) is 66.5 Å². The Morgan fingerprint density at radius 1 is 1.25 bits per heavy atom. The molecule has 7 heteroatoms. The highest BCUT2D eigenvalue weighted by atomic mass is 16.4. The zero-order valence-corrected chi connectivity index (χ0v) is 12.5. The molecule has 0 aromatic carbocycles. The van der Waals surface area contributed by atoms with Gasteiger partial charge in [-0.1, -0.05) is 0 Å². The van der Waals surface area contributed by atoms with Gasteiger partial charge in [0.2, 0.25) is 0 Å². The van der Waals surface area contributed by atoms with E-state index >= 15 is 0 Å². The summed E-state index contributed by atoms with van der Waals surface area (Å²) in [5, 5.41) is 14.3. The van der Waals surface area contributed by atoms with Crippen LogP contribution in [0.5, 0.6) is 0 Å². The Labute approximate surface area is 136 Å². The first-order chi connectivity index (χ1) is 11.7. The molecule has 0 aliphatic heterocycles. The molecule has 24 heavy (non-hydrogen) atoms. The Balaban J connectivity index is 1.91. The van der Waals surface area contributed by atoms with Gasteiger partial charge in [0.25, 0.3) is 0 Å². The summed E-state index contributed by atoms with van der Waals surface area (Å²) in [6, 6.07) is 8.78. The topological polar surface area (TPSA) is 94.0 Å². The molecule has 7 nitrogen and oxygen atoms in total. The lowest BCUT2D eigenvalue weighted by atomic mass is 10.1. The van der Waals surface area contributed by atoms with E-state index in [9.17, 15) is 9.90 Å². The van der Waals surface area contributed by atoms with Crippen LogP contribution < -0.4 is 0 Å². The molecule has 0 fully saturated rings. The van der Waals surface area contributed by atoms with Gasteiger partial charge in [0, 0.05) is 18.0 Å². The molecule has 4 heterocycles. The number of fused-ring (bicyclic) bond motifs is 1. The smallest absolute Gasteiger partial charge is 0.336 e. The second kappa shape index (κ2) is 5.62. The molecule has 0 atom stereocenters. The van der Waals surface area contributed by atoms with Crippen molar-refractivity contribution in [1.82, 2.24) is 19.7 Å². The number of rotatable bonds is 4. The van der Waals surface area contributed by atoms with Crippen LogP contribution in [0.4, 0.5) is 0 Å². The summed E-state index contributed by atoms with van der Waals surface area (Å²) >= 11 is 0. The van der Waals surface area contributed by atoms with Crippen LogP contribution >= 0.6 is 0 Å².